The summed E-state index contributed by atoms with van der Waals surface area (Å²) in [6.45, 7) is 1.08. The Morgan fingerprint density at radius 1 is 0.968 bits per heavy atom. The summed E-state index contributed by atoms with van der Waals surface area (Å²) in [5.74, 6) is -0.0330. The summed E-state index contributed by atoms with van der Waals surface area (Å²) in [4.78, 5) is 22.8. The Kier molecular flexibility index (Phi) is 6.89. The molecule has 0 amide bonds. The van der Waals surface area contributed by atoms with Gasteiger partial charge in [0.15, 0.2) is 0 Å². The molecule has 6 nitrogen and oxygen atoms in total. The van der Waals surface area contributed by atoms with Gasteiger partial charge in [-0.1, -0.05) is 60.7 Å². The smallest absolute Gasteiger partial charge is 0.329 e. The maximum atomic E-state index is 10.6. The normalized spacial score (nSPS) is 13.2. The molecule has 1 N–H and O–H groups in total. The number of carboxylic acid groups (broad SMARTS) is 1. The van der Waals surface area contributed by atoms with E-state index in [0.29, 0.717) is 12.6 Å². The van der Waals surface area contributed by atoms with Gasteiger partial charge in [-0.15, -0.1) is 0 Å². The molecule has 160 valence electrons. The largest absolute Gasteiger partial charge is 0.480 e. The molecule has 0 spiro atoms. The third-order valence-electron chi connectivity index (χ3n) is 5.30. The average molecular weight is 418 g/mol. The molecule has 3 aromatic rings. The van der Waals surface area contributed by atoms with Gasteiger partial charge >= 0.3 is 5.97 Å². The van der Waals surface area contributed by atoms with E-state index in [9.17, 15) is 4.79 Å². The van der Waals surface area contributed by atoms with Crippen LogP contribution in [-0.4, -0.2) is 46.8 Å². The first-order valence-corrected chi connectivity index (χ1v) is 10.8. The van der Waals surface area contributed by atoms with Crippen molar-refractivity contribution in [2.24, 2.45) is 0 Å². The van der Waals surface area contributed by atoms with Gasteiger partial charge in [-0.25, -0.2) is 9.78 Å². The quantitative estimate of drug-likeness (QED) is 0.457. The Labute approximate surface area is 182 Å². The summed E-state index contributed by atoms with van der Waals surface area (Å²) >= 11 is 0. The van der Waals surface area contributed by atoms with Gasteiger partial charge in [0.25, 0.3) is 0 Å². The number of hydrogen-bond donors (Lipinski definition) is 1. The SMILES string of the molecule is O=C(O)COCCCCN(c1cnc(-c2ccccc2)c(-c2ccccc2)n1)C1CC1. The standard InChI is InChI=1S/C25H27N3O3/c29-23(30)18-31-16-8-7-15-28(21-13-14-21)22-17-26-24(19-9-3-1-4-10-19)25(27-22)20-11-5-2-6-12-20/h1-6,9-12,17,21H,7-8,13-16,18H2,(H,29,30). The van der Waals surface area contributed by atoms with Crippen LogP contribution in [0.5, 0.6) is 0 Å². The number of ether oxygens (including phenoxy) is 1. The summed E-state index contributed by atoms with van der Waals surface area (Å²) in [6.07, 6.45) is 5.95. The molecule has 1 aromatic heterocycles. The molecular formula is C25H27N3O3. The van der Waals surface area contributed by atoms with Crippen LogP contribution in [0.25, 0.3) is 22.5 Å². The van der Waals surface area contributed by atoms with Crippen molar-refractivity contribution < 1.29 is 14.6 Å². The molecule has 1 fully saturated rings. The molecule has 2 aromatic carbocycles. The summed E-state index contributed by atoms with van der Waals surface area (Å²) in [6, 6.07) is 20.9. The Hall–Kier alpha value is -3.25. The van der Waals surface area contributed by atoms with Crippen LogP contribution in [0.4, 0.5) is 5.82 Å². The molecular weight excluding hydrogens is 390 g/mol. The molecule has 31 heavy (non-hydrogen) atoms. The van der Waals surface area contributed by atoms with E-state index in [1.165, 1.54) is 0 Å². The summed E-state index contributed by atoms with van der Waals surface area (Å²) in [7, 11) is 0. The van der Waals surface area contributed by atoms with Crippen LogP contribution in [-0.2, 0) is 9.53 Å². The second kappa shape index (κ2) is 10.2. The number of unbranched alkanes of at least 4 members (excludes halogenated alkanes) is 1. The number of aromatic nitrogens is 2. The van der Waals surface area contributed by atoms with E-state index in [-0.39, 0.29) is 6.61 Å². The molecule has 1 saturated carbocycles. The molecule has 6 heteroatoms. The summed E-state index contributed by atoms with van der Waals surface area (Å²) < 4.78 is 5.15. The second-order valence-corrected chi connectivity index (χ2v) is 7.74. The van der Waals surface area contributed by atoms with E-state index in [0.717, 1.165) is 60.6 Å². The van der Waals surface area contributed by atoms with Crippen molar-refractivity contribution >= 4 is 11.8 Å². The summed E-state index contributed by atoms with van der Waals surface area (Å²) in [5.41, 5.74) is 3.87. The van der Waals surface area contributed by atoms with Crippen molar-refractivity contribution in [2.45, 2.75) is 31.7 Å². The zero-order valence-corrected chi connectivity index (χ0v) is 17.5. The monoisotopic (exact) mass is 417 g/mol. The zero-order valence-electron chi connectivity index (χ0n) is 17.5. The fourth-order valence-corrected chi connectivity index (χ4v) is 3.64. The van der Waals surface area contributed by atoms with Gasteiger partial charge in [0.05, 0.1) is 17.6 Å². The van der Waals surface area contributed by atoms with Gasteiger partial charge in [0.2, 0.25) is 0 Å². The molecule has 1 aliphatic carbocycles. The van der Waals surface area contributed by atoms with Crippen LogP contribution in [0.3, 0.4) is 0 Å². The Balaban J connectivity index is 1.55. The van der Waals surface area contributed by atoms with Gasteiger partial charge in [0, 0.05) is 30.3 Å². The molecule has 0 atom stereocenters. The maximum absolute atomic E-state index is 10.6. The number of aliphatic carboxylic acids is 1. The third-order valence-corrected chi connectivity index (χ3v) is 5.30. The molecule has 0 radical (unpaired) electrons. The van der Waals surface area contributed by atoms with E-state index in [2.05, 4.69) is 29.2 Å². The van der Waals surface area contributed by atoms with Gasteiger partial charge in [0.1, 0.15) is 12.4 Å². The van der Waals surface area contributed by atoms with Gasteiger partial charge in [-0.05, 0) is 25.7 Å². The topological polar surface area (TPSA) is 75.6 Å². The Morgan fingerprint density at radius 3 is 2.23 bits per heavy atom. The van der Waals surface area contributed by atoms with Crippen LogP contribution in [0.2, 0.25) is 0 Å². The lowest BCUT2D eigenvalue weighted by atomic mass is 10.0. The number of hydrogen-bond acceptors (Lipinski definition) is 5. The minimum Gasteiger partial charge on any atom is -0.480 e. The lowest BCUT2D eigenvalue weighted by molar-refractivity contribution is -0.142. The highest BCUT2D eigenvalue weighted by molar-refractivity contribution is 5.78. The number of carbonyl (C=O) groups is 1. The fraction of sp³-hybridized carbons (Fsp3) is 0.320. The zero-order chi connectivity index (χ0) is 21.5. The van der Waals surface area contributed by atoms with Crippen molar-refractivity contribution in [2.75, 3.05) is 24.7 Å². The number of benzene rings is 2. The highest BCUT2D eigenvalue weighted by Crippen LogP contribution is 2.34. The van der Waals surface area contributed by atoms with Crippen molar-refractivity contribution in [3.8, 4) is 22.5 Å². The first kappa shape index (κ1) is 21.0. The van der Waals surface area contributed by atoms with E-state index in [4.69, 9.17) is 19.8 Å². The van der Waals surface area contributed by atoms with Gasteiger partial charge in [-0.3, -0.25) is 4.98 Å². The lowest BCUT2D eigenvalue weighted by Gasteiger charge is -2.24. The van der Waals surface area contributed by atoms with E-state index >= 15 is 0 Å². The summed E-state index contributed by atoms with van der Waals surface area (Å²) in [5, 5.41) is 8.66. The molecule has 4 rings (SSSR count). The maximum Gasteiger partial charge on any atom is 0.329 e. The highest BCUT2D eigenvalue weighted by atomic mass is 16.5. The van der Waals surface area contributed by atoms with Crippen LogP contribution in [0.1, 0.15) is 25.7 Å². The minimum atomic E-state index is -0.929. The first-order chi connectivity index (χ1) is 15.2. The van der Waals surface area contributed by atoms with Crippen molar-refractivity contribution in [1.29, 1.82) is 0 Å². The molecule has 0 bridgehead atoms. The van der Waals surface area contributed by atoms with Gasteiger partial charge in [-0.2, -0.15) is 0 Å². The van der Waals surface area contributed by atoms with Crippen LogP contribution >= 0.6 is 0 Å². The van der Waals surface area contributed by atoms with Crippen molar-refractivity contribution in [3.63, 3.8) is 0 Å². The molecule has 0 saturated heterocycles. The molecule has 1 aliphatic rings. The first-order valence-electron chi connectivity index (χ1n) is 10.8. The van der Waals surface area contributed by atoms with Crippen LogP contribution < -0.4 is 4.90 Å². The fourth-order valence-electron chi connectivity index (χ4n) is 3.64. The van der Waals surface area contributed by atoms with Crippen LogP contribution in [0, 0.1) is 0 Å². The third kappa shape index (κ3) is 5.67. The van der Waals surface area contributed by atoms with E-state index in [1.807, 2.05) is 42.6 Å². The Morgan fingerprint density at radius 2 is 1.61 bits per heavy atom. The number of carboxylic acids is 1. The number of anilines is 1. The lowest BCUT2D eigenvalue weighted by Crippen LogP contribution is -2.28. The van der Waals surface area contributed by atoms with Crippen LogP contribution in [0.15, 0.2) is 66.9 Å². The average Bonchev–Trinajstić information content (AvgIpc) is 3.64. The molecule has 1 heterocycles. The second-order valence-electron chi connectivity index (χ2n) is 7.74. The Bertz CT molecular complexity index is 991. The van der Waals surface area contributed by atoms with Gasteiger partial charge < -0.3 is 14.7 Å². The molecule has 0 unspecified atom stereocenters. The number of nitrogens with zero attached hydrogens (tertiary/aromatic N) is 3. The van der Waals surface area contributed by atoms with E-state index in [1.54, 1.807) is 0 Å². The molecule has 0 aliphatic heterocycles. The van der Waals surface area contributed by atoms with Crippen molar-refractivity contribution in [1.82, 2.24) is 9.97 Å². The predicted octanol–water partition coefficient (Wildman–Crippen LogP) is 4.66. The predicted molar refractivity (Wildman–Crippen MR) is 121 cm³/mol. The minimum absolute atomic E-state index is 0.237. The number of rotatable bonds is 11. The highest BCUT2D eigenvalue weighted by Gasteiger charge is 2.30. The van der Waals surface area contributed by atoms with E-state index < -0.39 is 5.97 Å². The van der Waals surface area contributed by atoms with Crippen molar-refractivity contribution in [3.05, 3.63) is 66.9 Å².